The molecule has 0 aliphatic heterocycles. The first-order chi connectivity index (χ1) is 6.59. The van der Waals surface area contributed by atoms with E-state index in [1.807, 2.05) is 11.9 Å². The lowest BCUT2D eigenvalue weighted by Gasteiger charge is -2.46. The molecule has 2 rings (SSSR count). The average molecular weight is 196 g/mol. The van der Waals surface area contributed by atoms with Crippen molar-refractivity contribution in [2.24, 2.45) is 17.1 Å². The molecule has 0 aromatic carbocycles. The van der Waals surface area contributed by atoms with Gasteiger partial charge in [-0.05, 0) is 31.6 Å². The van der Waals surface area contributed by atoms with Gasteiger partial charge >= 0.3 is 0 Å². The topological polar surface area (TPSA) is 46.3 Å². The van der Waals surface area contributed by atoms with Gasteiger partial charge < -0.3 is 10.6 Å². The summed E-state index contributed by atoms with van der Waals surface area (Å²) in [4.78, 5) is 14.1. The summed E-state index contributed by atoms with van der Waals surface area (Å²) in [5.74, 6) is 0.968. The molecule has 0 unspecified atom stereocenters. The molecule has 0 spiro atoms. The van der Waals surface area contributed by atoms with Crippen molar-refractivity contribution in [3.8, 4) is 0 Å². The maximum absolute atomic E-state index is 12.2. The fraction of sp³-hybridized carbons (Fsp3) is 0.909. The minimum Gasteiger partial charge on any atom is -0.342 e. The van der Waals surface area contributed by atoms with E-state index in [9.17, 15) is 4.79 Å². The van der Waals surface area contributed by atoms with Crippen LogP contribution < -0.4 is 5.73 Å². The Morgan fingerprint density at radius 3 is 2.43 bits per heavy atom. The first kappa shape index (κ1) is 9.97. The van der Waals surface area contributed by atoms with Crippen LogP contribution in [-0.4, -0.2) is 30.4 Å². The first-order valence-corrected chi connectivity index (χ1v) is 5.56. The largest absolute Gasteiger partial charge is 0.342 e. The molecule has 2 saturated carbocycles. The Balaban J connectivity index is 2.01. The maximum Gasteiger partial charge on any atom is 0.230 e. The number of rotatable bonds is 3. The summed E-state index contributed by atoms with van der Waals surface area (Å²) in [5.41, 5.74) is 5.55. The Labute approximate surface area is 85.6 Å². The van der Waals surface area contributed by atoms with E-state index in [1.165, 1.54) is 12.8 Å². The van der Waals surface area contributed by atoms with Crippen LogP contribution in [-0.2, 0) is 4.79 Å². The zero-order valence-corrected chi connectivity index (χ0v) is 9.12. The molecule has 0 aromatic rings. The standard InChI is InChI=1S/C11H20N2O/c1-8-5-11(6-8,7-12)10(14)13(2)9-3-4-9/h8-9H,3-7,12H2,1-2H3. The normalized spacial score (nSPS) is 36.4. The van der Waals surface area contributed by atoms with Gasteiger partial charge in [-0.2, -0.15) is 0 Å². The number of carbonyl (C=O) groups excluding carboxylic acids is 1. The molecule has 0 radical (unpaired) electrons. The lowest BCUT2D eigenvalue weighted by Crippen LogP contribution is -2.54. The van der Waals surface area contributed by atoms with Crippen LogP contribution in [0, 0.1) is 11.3 Å². The van der Waals surface area contributed by atoms with Crippen LogP contribution in [0.15, 0.2) is 0 Å². The van der Waals surface area contributed by atoms with Crippen molar-refractivity contribution in [3.63, 3.8) is 0 Å². The van der Waals surface area contributed by atoms with Crippen molar-refractivity contribution in [1.29, 1.82) is 0 Å². The summed E-state index contributed by atoms with van der Waals surface area (Å²) in [6, 6.07) is 0.516. The highest BCUT2D eigenvalue weighted by molar-refractivity contribution is 5.84. The molecule has 2 aliphatic rings. The third kappa shape index (κ3) is 1.44. The summed E-state index contributed by atoms with van der Waals surface area (Å²) in [5, 5.41) is 0. The van der Waals surface area contributed by atoms with Gasteiger partial charge in [0, 0.05) is 19.6 Å². The summed E-state index contributed by atoms with van der Waals surface area (Å²) in [7, 11) is 1.93. The molecule has 0 aromatic heterocycles. The Morgan fingerprint density at radius 1 is 1.50 bits per heavy atom. The van der Waals surface area contributed by atoms with E-state index in [2.05, 4.69) is 6.92 Å². The maximum atomic E-state index is 12.2. The Hall–Kier alpha value is -0.570. The number of nitrogens with two attached hydrogens (primary N) is 1. The van der Waals surface area contributed by atoms with Crippen LogP contribution >= 0.6 is 0 Å². The molecule has 14 heavy (non-hydrogen) atoms. The molecule has 2 N–H and O–H groups in total. The minimum absolute atomic E-state index is 0.198. The van der Waals surface area contributed by atoms with Gasteiger partial charge in [0.2, 0.25) is 5.91 Å². The Morgan fingerprint density at radius 2 is 2.07 bits per heavy atom. The van der Waals surface area contributed by atoms with Gasteiger partial charge in [-0.15, -0.1) is 0 Å². The lowest BCUT2D eigenvalue weighted by atomic mass is 9.62. The van der Waals surface area contributed by atoms with Crippen molar-refractivity contribution in [1.82, 2.24) is 4.90 Å². The minimum atomic E-state index is -0.198. The van der Waals surface area contributed by atoms with Gasteiger partial charge in [0.15, 0.2) is 0 Å². The highest BCUT2D eigenvalue weighted by atomic mass is 16.2. The third-order valence-electron chi connectivity index (χ3n) is 3.74. The molecule has 0 atom stereocenters. The Bertz CT molecular complexity index is 242. The number of hydrogen-bond acceptors (Lipinski definition) is 2. The second-order valence-corrected chi connectivity index (χ2v) is 5.15. The first-order valence-electron chi connectivity index (χ1n) is 5.56. The van der Waals surface area contributed by atoms with Gasteiger partial charge in [0.05, 0.1) is 5.41 Å². The molecule has 3 nitrogen and oxygen atoms in total. The molecule has 2 aliphatic carbocycles. The van der Waals surface area contributed by atoms with Crippen molar-refractivity contribution in [2.75, 3.05) is 13.6 Å². The molecule has 0 heterocycles. The fourth-order valence-corrected chi connectivity index (χ4v) is 2.70. The Kier molecular flexibility index (Phi) is 2.30. The van der Waals surface area contributed by atoms with Gasteiger partial charge in [0.1, 0.15) is 0 Å². The van der Waals surface area contributed by atoms with E-state index < -0.39 is 0 Å². The quantitative estimate of drug-likeness (QED) is 0.731. The van der Waals surface area contributed by atoms with Crippen molar-refractivity contribution in [3.05, 3.63) is 0 Å². The van der Waals surface area contributed by atoms with E-state index in [-0.39, 0.29) is 5.41 Å². The highest BCUT2D eigenvalue weighted by Crippen LogP contribution is 2.46. The van der Waals surface area contributed by atoms with Gasteiger partial charge in [-0.1, -0.05) is 6.92 Å². The van der Waals surface area contributed by atoms with E-state index >= 15 is 0 Å². The molecule has 80 valence electrons. The zero-order valence-electron chi connectivity index (χ0n) is 9.12. The van der Waals surface area contributed by atoms with E-state index in [1.54, 1.807) is 0 Å². The summed E-state index contributed by atoms with van der Waals surface area (Å²) in [6.45, 7) is 2.71. The third-order valence-corrected chi connectivity index (χ3v) is 3.74. The average Bonchev–Trinajstić information content (AvgIpc) is 2.93. The number of hydrogen-bond donors (Lipinski definition) is 1. The summed E-state index contributed by atoms with van der Waals surface area (Å²) in [6.07, 6.45) is 4.33. The van der Waals surface area contributed by atoms with Crippen LogP contribution in [0.4, 0.5) is 0 Å². The van der Waals surface area contributed by atoms with Gasteiger partial charge in [0.25, 0.3) is 0 Å². The van der Waals surface area contributed by atoms with E-state index in [0.29, 0.717) is 24.4 Å². The van der Waals surface area contributed by atoms with Crippen LogP contribution in [0.5, 0.6) is 0 Å². The van der Waals surface area contributed by atoms with Crippen LogP contribution in [0.1, 0.15) is 32.6 Å². The monoisotopic (exact) mass is 196 g/mol. The molecule has 0 bridgehead atoms. The molecule has 0 saturated heterocycles. The SMILES string of the molecule is CC1CC(CN)(C(=O)N(C)C2CC2)C1. The van der Waals surface area contributed by atoms with Crippen molar-refractivity contribution in [2.45, 2.75) is 38.6 Å². The van der Waals surface area contributed by atoms with Crippen LogP contribution in [0.2, 0.25) is 0 Å². The predicted molar refractivity (Wildman–Crippen MR) is 55.7 cm³/mol. The molecule has 1 amide bonds. The van der Waals surface area contributed by atoms with Crippen LogP contribution in [0.3, 0.4) is 0 Å². The lowest BCUT2D eigenvalue weighted by molar-refractivity contribution is -0.148. The highest BCUT2D eigenvalue weighted by Gasteiger charge is 2.50. The number of carbonyl (C=O) groups is 1. The summed E-state index contributed by atoms with van der Waals surface area (Å²) < 4.78 is 0. The van der Waals surface area contributed by atoms with Gasteiger partial charge in [-0.3, -0.25) is 4.79 Å². The molecule has 2 fully saturated rings. The zero-order chi connectivity index (χ0) is 10.3. The number of amides is 1. The van der Waals surface area contributed by atoms with Gasteiger partial charge in [-0.25, -0.2) is 0 Å². The van der Waals surface area contributed by atoms with Crippen molar-refractivity contribution >= 4 is 5.91 Å². The fourth-order valence-electron chi connectivity index (χ4n) is 2.70. The second kappa shape index (κ2) is 3.23. The second-order valence-electron chi connectivity index (χ2n) is 5.15. The van der Waals surface area contributed by atoms with Crippen LogP contribution in [0.25, 0.3) is 0 Å². The van der Waals surface area contributed by atoms with E-state index in [0.717, 1.165) is 12.8 Å². The summed E-state index contributed by atoms with van der Waals surface area (Å²) >= 11 is 0. The smallest absolute Gasteiger partial charge is 0.230 e. The van der Waals surface area contributed by atoms with E-state index in [4.69, 9.17) is 5.73 Å². The predicted octanol–water partition coefficient (Wildman–Crippen LogP) is 0.982. The molecular formula is C11H20N2O. The van der Waals surface area contributed by atoms with Crippen molar-refractivity contribution < 1.29 is 4.79 Å². The number of nitrogens with zero attached hydrogens (tertiary/aromatic N) is 1. The molecule has 3 heteroatoms. The molecular weight excluding hydrogens is 176 g/mol.